The number of anilines is 1. The summed E-state index contributed by atoms with van der Waals surface area (Å²) in [7, 11) is 0. The number of nitrogens with zero attached hydrogens (tertiary/aromatic N) is 4. The molecular formula is C19H22N4O2. The summed E-state index contributed by atoms with van der Waals surface area (Å²) in [6.45, 7) is 2.94. The van der Waals surface area contributed by atoms with Gasteiger partial charge in [0.05, 0.1) is 12.5 Å². The number of likely N-dealkylation sites (tertiary alicyclic amines) is 1. The number of hydrogen-bond donors (Lipinski definition) is 0. The molecule has 1 aliphatic carbocycles. The molecule has 6 heteroatoms. The van der Waals surface area contributed by atoms with Crippen LogP contribution in [-0.2, 0) is 11.2 Å². The minimum Gasteiger partial charge on any atom is -0.339 e. The molecule has 3 aliphatic rings. The molecule has 0 N–H and O–H groups in total. The van der Waals surface area contributed by atoms with Crippen LogP contribution in [0.1, 0.15) is 48.4 Å². The van der Waals surface area contributed by atoms with Gasteiger partial charge in [-0.05, 0) is 37.3 Å². The molecule has 2 aliphatic heterocycles. The molecule has 1 aromatic heterocycles. The highest BCUT2D eigenvalue weighted by atomic mass is 16.5. The van der Waals surface area contributed by atoms with Gasteiger partial charge in [-0.15, -0.1) is 0 Å². The molecule has 1 saturated carbocycles. The van der Waals surface area contributed by atoms with E-state index in [1.165, 1.54) is 18.4 Å². The van der Waals surface area contributed by atoms with E-state index in [0.717, 1.165) is 49.9 Å². The third-order valence-electron chi connectivity index (χ3n) is 5.48. The number of fused-ring (bicyclic) bond motifs is 1. The molecule has 130 valence electrons. The number of amides is 1. The van der Waals surface area contributed by atoms with Gasteiger partial charge >= 0.3 is 0 Å². The number of benzene rings is 1. The van der Waals surface area contributed by atoms with Crippen molar-refractivity contribution in [2.75, 3.05) is 31.1 Å². The van der Waals surface area contributed by atoms with E-state index in [4.69, 9.17) is 4.52 Å². The lowest BCUT2D eigenvalue weighted by Crippen LogP contribution is -2.51. The SMILES string of the molecule is O=C(CN1CC(c2nc(C3CC3)no2)C1)N1CCCc2ccccc21. The lowest BCUT2D eigenvalue weighted by atomic mass is 9.99. The van der Waals surface area contributed by atoms with Crippen LogP contribution in [0.3, 0.4) is 0 Å². The molecule has 25 heavy (non-hydrogen) atoms. The second-order valence-corrected chi connectivity index (χ2v) is 7.43. The lowest BCUT2D eigenvalue weighted by Gasteiger charge is -2.38. The summed E-state index contributed by atoms with van der Waals surface area (Å²) < 4.78 is 5.40. The van der Waals surface area contributed by atoms with Crippen LogP contribution in [-0.4, -0.2) is 47.1 Å². The maximum absolute atomic E-state index is 12.7. The van der Waals surface area contributed by atoms with Crippen molar-refractivity contribution in [2.24, 2.45) is 0 Å². The Bertz CT molecular complexity index is 792. The number of aromatic nitrogens is 2. The van der Waals surface area contributed by atoms with Crippen molar-refractivity contribution in [3.63, 3.8) is 0 Å². The zero-order chi connectivity index (χ0) is 16.8. The Labute approximate surface area is 146 Å². The van der Waals surface area contributed by atoms with Crippen LogP contribution in [0, 0.1) is 0 Å². The van der Waals surface area contributed by atoms with E-state index in [0.29, 0.717) is 12.5 Å². The van der Waals surface area contributed by atoms with Gasteiger partial charge in [0.1, 0.15) is 0 Å². The van der Waals surface area contributed by atoms with E-state index < -0.39 is 0 Å². The highest BCUT2D eigenvalue weighted by Gasteiger charge is 2.36. The highest BCUT2D eigenvalue weighted by Crippen LogP contribution is 2.39. The van der Waals surface area contributed by atoms with Crippen LogP contribution in [0.4, 0.5) is 5.69 Å². The Balaban J connectivity index is 1.19. The molecule has 0 spiro atoms. The van der Waals surface area contributed by atoms with E-state index in [-0.39, 0.29) is 11.8 Å². The largest absolute Gasteiger partial charge is 0.339 e. The second kappa shape index (κ2) is 5.95. The monoisotopic (exact) mass is 338 g/mol. The van der Waals surface area contributed by atoms with Gasteiger partial charge in [0.2, 0.25) is 11.8 Å². The first kappa shape index (κ1) is 15.1. The van der Waals surface area contributed by atoms with Crippen molar-refractivity contribution in [1.82, 2.24) is 15.0 Å². The number of para-hydroxylation sites is 1. The summed E-state index contributed by atoms with van der Waals surface area (Å²) in [5, 5.41) is 4.09. The molecule has 0 atom stereocenters. The first-order valence-corrected chi connectivity index (χ1v) is 9.22. The van der Waals surface area contributed by atoms with E-state index >= 15 is 0 Å². The molecule has 5 rings (SSSR count). The zero-order valence-corrected chi connectivity index (χ0v) is 14.2. The van der Waals surface area contributed by atoms with Crippen LogP contribution in [0.15, 0.2) is 28.8 Å². The summed E-state index contributed by atoms with van der Waals surface area (Å²) in [6.07, 6.45) is 4.46. The predicted octanol–water partition coefficient (Wildman–Crippen LogP) is 2.33. The van der Waals surface area contributed by atoms with E-state index in [1.807, 2.05) is 17.0 Å². The van der Waals surface area contributed by atoms with Crippen molar-refractivity contribution in [3.8, 4) is 0 Å². The Morgan fingerprint density at radius 2 is 2.04 bits per heavy atom. The van der Waals surface area contributed by atoms with Crippen LogP contribution in [0.25, 0.3) is 0 Å². The van der Waals surface area contributed by atoms with Crippen molar-refractivity contribution >= 4 is 11.6 Å². The van der Waals surface area contributed by atoms with Crippen molar-refractivity contribution in [3.05, 3.63) is 41.5 Å². The van der Waals surface area contributed by atoms with Crippen LogP contribution in [0.5, 0.6) is 0 Å². The van der Waals surface area contributed by atoms with Gasteiger partial charge in [0.15, 0.2) is 5.82 Å². The maximum Gasteiger partial charge on any atom is 0.241 e. The average Bonchev–Trinajstić information content (AvgIpc) is 3.35. The van der Waals surface area contributed by atoms with Crippen molar-refractivity contribution < 1.29 is 9.32 Å². The van der Waals surface area contributed by atoms with Crippen LogP contribution < -0.4 is 4.90 Å². The van der Waals surface area contributed by atoms with Gasteiger partial charge in [-0.2, -0.15) is 4.98 Å². The Hall–Kier alpha value is -2.21. The average molecular weight is 338 g/mol. The van der Waals surface area contributed by atoms with E-state index in [2.05, 4.69) is 27.2 Å². The van der Waals surface area contributed by atoms with E-state index in [1.54, 1.807) is 0 Å². The molecule has 1 aromatic carbocycles. The van der Waals surface area contributed by atoms with Gasteiger partial charge < -0.3 is 9.42 Å². The standard InChI is InChI=1S/C19H22N4O2/c24-17(23-9-3-5-13-4-1-2-6-16(13)23)12-22-10-15(11-22)19-20-18(21-25-19)14-7-8-14/h1-2,4,6,14-15H,3,5,7-12H2. The first-order valence-electron chi connectivity index (χ1n) is 9.22. The van der Waals surface area contributed by atoms with Gasteiger partial charge in [0.25, 0.3) is 0 Å². The molecule has 1 amide bonds. The quantitative estimate of drug-likeness (QED) is 0.856. The number of hydrogen-bond acceptors (Lipinski definition) is 5. The third kappa shape index (κ3) is 2.84. The number of carbonyl (C=O) groups is 1. The molecule has 0 bridgehead atoms. The second-order valence-electron chi connectivity index (χ2n) is 7.43. The van der Waals surface area contributed by atoms with Gasteiger partial charge in [0, 0.05) is 31.2 Å². The minimum absolute atomic E-state index is 0.190. The summed E-state index contributed by atoms with van der Waals surface area (Å²) in [5.41, 5.74) is 2.36. The Kier molecular flexibility index (Phi) is 3.59. The molecule has 2 aromatic rings. The topological polar surface area (TPSA) is 62.5 Å². The predicted molar refractivity (Wildman–Crippen MR) is 92.6 cm³/mol. The minimum atomic E-state index is 0.190. The fourth-order valence-corrected chi connectivity index (χ4v) is 3.84. The van der Waals surface area contributed by atoms with E-state index in [9.17, 15) is 4.79 Å². The van der Waals surface area contributed by atoms with Gasteiger partial charge in [-0.1, -0.05) is 23.4 Å². The third-order valence-corrected chi connectivity index (χ3v) is 5.48. The summed E-state index contributed by atoms with van der Waals surface area (Å²) in [6, 6.07) is 8.24. The normalized spacial score (nSPS) is 21.0. The number of carbonyl (C=O) groups excluding carboxylic acids is 1. The smallest absolute Gasteiger partial charge is 0.241 e. The van der Waals surface area contributed by atoms with Crippen molar-refractivity contribution in [1.29, 1.82) is 0 Å². The Morgan fingerprint density at radius 1 is 1.20 bits per heavy atom. The molecule has 1 saturated heterocycles. The van der Waals surface area contributed by atoms with Gasteiger partial charge in [-0.3, -0.25) is 9.69 Å². The number of rotatable bonds is 4. The molecule has 3 heterocycles. The molecule has 6 nitrogen and oxygen atoms in total. The molecule has 0 unspecified atom stereocenters. The molecular weight excluding hydrogens is 316 g/mol. The lowest BCUT2D eigenvalue weighted by molar-refractivity contribution is -0.121. The zero-order valence-electron chi connectivity index (χ0n) is 14.2. The molecule has 2 fully saturated rings. The fourth-order valence-electron chi connectivity index (χ4n) is 3.84. The van der Waals surface area contributed by atoms with Crippen molar-refractivity contribution in [2.45, 2.75) is 37.5 Å². The fraction of sp³-hybridized carbons (Fsp3) is 0.526. The molecule has 0 radical (unpaired) electrons. The van der Waals surface area contributed by atoms with Crippen LogP contribution >= 0.6 is 0 Å². The first-order chi connectivity index (χ1) is 12.3. The van der Waals surface area contributed by atoms with Gasteiger partial charge in [-0.25, -0.2) is 0 Å². The Morgan fingerprint density at radius 3 is 2.88 bits per heavy atom. The summed E-state index contributed by atoms with van der Waals surface area (Å²) >= 11 is 0. The number of aryl methyl sites for hydroxylation is 1. The summed E-state index contributed by atoms with van der Waals surface area (Å²) in [4.78, 5) is 21.4. The summed E-state index contributed by atoms with van der Waals surface area (Å²) in [5.74, 6) is 2.61. The van der Waals surface area contributed by atoms with Crippen LogP contribution in [0.2, 0.25) is 0 Å². The maximum atomic E-state index is 12.7. The highest BCUT2D eigenvalue weighted by molar-refractivity contribution is 5.96.